The van der Waals surface area contributed by atoms with Crippen LogP contribution < -0.4 is 14.2 Å². The molecule has 2 aromatic carbocycles. The average molecular weight is 472 g/mol. The highest BCUT2D eigenvalue weighted by Crippen LogP contribution is 2.61. The zero-order chi connectivity index (χ0) is 25.5. The number of benzene rings is 2. The Morgan fingerprint density at radius 2 is 1.60 bits per heavy atom. The molecule has 0 aliphatic carbocycles. The predicted octanol–water partition coefficient (Wildman–Crippen LogP) is 4.85. The number of hydrogen-bond acceptors (Lipinski definition) is 7. The van der Waals surface area contributed by atoms with Crippen molar-refractivity contribution in [1.82, 2.24) is 4.90 Å². The van der Waals surface area contributed by atoms with Crippen LogP contribution in [-0.2, 0) is 4.79 Å². The van der Waals surface area contributed by atoms with E-state index in [9.17, 15) is 15.3 Å². The third-order valence-electron chi connectivity index (χ3n) is 7.00. The second-order valence-electron chi connectivity index (χ2n) is 9.88. The maximum atomic E-state index is 14.0. The van der Waals surface area contributed by atoms with Gasteiger partial charge >= 0.3 is 0 Å². The molecule has 0 aromatic heterocycles. The van der Waals surface area contributed by atoms with Crippen LogP contribution in [-0.4, -0.2) is 38.1 Å². The number of carbonyl (C=O) groups is 1. The second-order valence-corrected chi connectivity index (χ2v) is 9.88. The highest BCUT2D eigenvalue weighted by molar-refractivity contribution is 5.91. The van der Waals surface area contributed by atoms with Gasteiger partial charge in [0.1, 0.15) is 0 Å². The summed E-state index contributed by atoms with van der Waals surface area (Å²) < 4.78 is 16.6. The molecule has 0 unspecified atom stereocenters. The fourth-order valence-corrected chi connectivity index (χ4v) is 5.39. The molecular formula is C28H29N3O4. The van der Waals surface area contributed by atoms with E-state index in [1.54, 1.807) is 12.1 Å². The first-order valence-electron chi connectivity index (χ1n) is 11.4. The van der Waals surface area contributed by atoms with Crippen molar-refractivity contribution in [2.24, 2.45) is 10.8 Å². The standard InChI is InChI=1S/C28H29N3O4/c1-27(2,3)26(32)23-22(18-13-20(33-4)24(35-6)21(14-18)34-5)28(15-29,16-30)25-19-10-8-7-9-17(19)11-12-31(23)25/h7-14,22-23,25H,1-6H3/t22-,23-,25-/m1/s1. The van der Waals surface area contributed by atoms with E-state index < -0.39 is 28.8 Å². The molecule has 0 N–H and O–H groups in total. The third kappa shape index (κ3) is 3.51. The second kappa shape index (κ2) is 8.67. The van der Waals surface area contributed by atoms with Crippen LogP contribution in [0.5, 0.6) is 17.2 Å². The lowest BCUT2D eigenvalue weighted by atomic mass is 9.66. The molecule has 7 heteroatoms. The van der Waals surface area contributed by atoms with E-state index in [4.69, 9.17) is 14.2 Å². The minimum Gasteiger partial charge on any atom is -0.493 e. The summed E-state index contributed by atoms with van der Waals surface area (Å²) in [5, 5.41) is 21.3. The number of ether oxygens (including phenoxy) is 3. The molecule has 35 heavy (non-hydrogen) atoms. The molecular weight excluding hydrogens is 442 g/mol. The Balaban J connectivity index is 2.06. The molecule has 0 saturated carbocycles. The van der Waals surface area contributed by atoms with Gasteiger partial charge in [-0.05, 0) is 34.9 Å². The summed E-state index contributed by atoms with van der Waals surface area (Å²) in [6.07, 6.45) is 3.79. The van der Waals surface area contributed by atoms with Gasteiger partial charge in [0.05, 0.1) is 45.6 Å². The topological polar surface area (TPSA) is 95.6 Å². The van der Waals surface area contributed by atoms with Crippen LogP contribution in [0.15, 0.2) is 42.6 Å². The maximum Gasteiger partial charge on any atom is 0.203 e. The van der Waals surface area contributed by atoms with Gasteiger partial charge in [-0.3, -0.25) is 4.79 Å². The van der Waals surface area contributed by atoms with E-state index in [0.29, 0.717) is 22.8 Å². The van der Waals surface area contributed by atoms with E-state index in [1.807, 2.05) is 62.2 Å². The molecule has 0 amide bonds. The Morgan fingerprint density at radius 3 is 2.11 bits per heavy atom. The van der Waals surface area contributed by atoms with E-state index in [2.05, 4.69) is 12.1 Å². The van der Waals surface area contributed by atoms with Gasteiger partial charge < -0.3 is 19.1 Å². The summed E-state index contributed by atoms with van der Waals surface area (Å²) in [4.78, 5) is 15.9. The Labute approximate surface area is 206 Å². The number of nitriles is 2. The number of hydrogen-bond donors (Lipinski definition) is 0. The highest BCUT2D eigenvalue weighted by atomic mass is 16.5. The van der Waals surface area contributed by atoms with Gasteiger partial charge in [0.2, 0.25) is 5.75 Å². The molecule has 1 fully saturated rings. The number of carbonyl (C=O) groups excluding carboxylic acids is 1. The van der Waals surface area contributed by atoms with E-state index >= 15 is 0 Å². The number of fused-ring (bicyclic) bond motifs is 3. The van der Waals surface area contributed by atoms with Crippen molar-refractivity contribution in [2.75, 3.05) is 21.3 Å². The smallest absolute Gasteiger partial charge is 0.203 e. The fraction of sp³-hybridized carbons (Fsp3) is 0.393. The quantitative estimate of drug-likeness (QED) is 0.615. The Morgan fingerprint density at radius 1 is 1.00 bits per heavy atom. The van der Waals surface area contributed by atoms with Crippen LogP contribution in [0.1, 0.15) is 49.4 Å². The van der Waals surface area contributed by atoms with Crippen molar-refractivity contribution >= 4 is 11.9 Å². The minimum absolute atomic E-state index is 0.0577. The van der Waals surface area contributed by atoms with Crippen LogP contribution in [0.2, 0.25) is 0 Å². The van der Waals surface area contributed by atoms with Crippen LogP contribution >= 0.6 is 0 Å². The van der Waals surface area contributed by atoms with Gasteiger partial charge in [-0.15, -0.1) is 0 Å². The molecule has 2 aliphatic heterocycles. The number of Topliss-reactive ketones (excluding diaryl/α,β-unsaturated/α-hetero) is 1. The minimum atomic E-state index is -1.56. The number of nitrogens with zero attached hydrogens (tertiary/aromatic N) is 3. The van der Waals surface area contributed by atoms with Crippen molar-refractivity contribution in [3.8, 4) is 29.4 Å². The van der Waals surface area contributed by atoms with Gasteiger partial charge in [-0.25, -0.2) is 0 Å². The number of methoxy groups -OCH3 is 3. The molecule has 1 saturated heterocycles. The van der Waals surface area contributed by atoms with Crippen molar-refractivity contribution in [1.29, 1.82) is 10.5 Å². The van der Waals surface area contributed by atoms with Crippen LogP contribution in [0, 0.1) is 33.5 Å². The normalized spacial score (nSPS) is 21.8. The lowest BCUT2D eigenvalue weighted by molar-refractivity contribution is -0.130. The summed E-state index contributed by atoms with van der Waals surface area (Å²) >= 11 is 0. The summed E-state index contributed by atoms with van der Waals surface area (Å²) in [6.45, 7) is 5.57. The molecule has 3 atom stereocenters. The molecule has 0 radical (unpaired) electrons. The Kier molecular flexibility index (Phi) is 5.99. The van der Waals surface area contributed by atoms with Crippen LogP contribution in [0.25, 0.3) is 6.08 Å². The monoisotopic (exact) mass is 471 g/mol. The largest absolute Gasteiger partial charge is 0.493 e. The van der Waals surface area contributed by atoms with Crippen LogP contribution in [0.4, 0.5) is 0 Å². The lowest BCUT2D eigenvalue weighted by Crippen LogP contribution is -2.43. The van der Waals surface area contributed by atoms with E-state index in [0.717, 1.165) is 11.1 Å². The lowest BCUT2D eigenvalue weighted by Gasteiger charge is -2.36. The van der Waals surface area contributed by atoms with E-state index in [-0.39, 0.29) is 5.78 Å². The van der Waals surface area contributed by atoms with Crippen molar-refractivity contribution < 1.29 is 19.0 Å². The summed E-state index contributed by atoms with van der Waals surface area (Å²) in [7, 11) is 4.54. The molecule has 2 aliphatic rings. The van der Waals surface area contributed by atoms with Crippen molar-refractivity contribution in [2.45, 2.75) is 38.8 Å². The number of ketones is 1. The molecule has 0 spiro atoms. The zero-order valence-electron chi connectivity index (χ0n) is 20.8. The first-order chi connectivity index (χ1) is 16.7. The first kappa shape index (κ1) is 24.2. The average Bonchev–Trinajstić information content (AvgIpc) is 3.17. The Bertz CT molecular complexity index is 1240. The summed E-state index contributed by atoms with van der Waals surface area (Å²) in [6, 6.07) is 14.5. The summed E-state index contributed by atoms with van der Waals surface area (Å²) in [5.41, 5.74) is 0.109. The van der Waals surface area contributed by atoms with Gasteiger partial charge in [-0.2, -0.15) is 10.5 Å². The Hall–Kier alpha value is -3.97. The van der Waals surface area contributed by atoms with Crippen molar-refractivity contribution in [3.05, 3.63) is 59.3 Å². The third-order valence-corrected chi connectivity index (χ3v) is 7.00. The molecule has 0 bridgehead atoms. The van der Waals surface area contributed by atoms with Crippen LogP contribution in [0.3, 0.4) is 0 Å². The molecule has 2 aromatic rings. The fourth-order valence-electron chi connectivity index (χ4n) is 5.39. The van der Waals surface area contributed by atoms with Crippen molar-refractivity contribution in [3.63, 3.8) is 0 Å². The van der Waals surface area contributed by atoms with Gasteiger partial charge in [0, 0.05) is 17.5 Å². The SMILES string of the molecule is COc1cc([C@@H]2[C@H](C(=O)C(C)(C)C)N3C=Cc4ccccc4[C@@H]3C2(C#N)C#N)cc(OC)c1OC. The molecule has 2 heterocycles. The van der Waals surface area contributed by atoms with Gasteiger partial charge in [-0.1, -0.05) is 45.0 Å². The predicted molar refractivity (Wildman–Crippen MR) is 131 cm³/mol. The molecule has 7 nitrogen and oxygen atoms in total. The highest BCUT2D eigenvalue weighted by Gasteiger charge is 2.64. The molecule has 4 rings (SSSR count). The number of rotatable bonds is 5. The van der Waals surface area contributed by atoms with Gasteiger partial charge in [0.15, 0.2) is 22.7 Å². The maximum absolute atomic E-state index is 14.0. The first-order valence-corrected chi connectivity index (χ1v) is 11.4. The van der Waals surface area contributed by atoms with E-state index in [1.165, 1.54) is 21.3 Å². The molecule has 180 valence electrons. The summed E-state index contributed by atoms with van der Waals surface area (Å²) in [5.74, 6) is 0.359. The van der Waals surface area contributed by atoms with Gasteiger partial charge in [0.25, 0.3) is 0 Å². The zero-order valence-corrected chi connectivity index (χ0v) is 20.8.